The van der Waals surface area contributed by atoms with E-state index in [-0.39, 0.29) is 25.2 Å². The van der Waals surface area contributed by atoms with Gasteiger partial charge in [-0.3, -0.25) is 0 Å². The monoisotopic (exact) mass is 1270 g/mol. The van der Waals surface area contributed by atoms with Gasteiger partial charge in [-0.25, -0.2) is 4.79 Å². The maximum Gasteiger partial charge on any atom is 0.416 e. The predicted octanol–water partition coefficient (Wildman–Crippen LogP) is 26.4. The van der Waals surface area contributed by atoms with E-state index < -0.39 is 23.5 Å². The lowest BCUT2D eigenvalue weighted by molar-refractivity contribution is -0.138. The van der Waals surface area contributed by atoms with Crippen molar-refractivity contribution in [2.75, 3.05) is 7.11 Å². The molecule has 0 saturated heterocycles. The van der Waals surface area contributed by atoms with Gasteiger partial charge in [0.15, 0.2) is 0 Å². The number of hydrogen-bond acceptors (Lipinski definition) is 3. The molecular weight excluding hydrogens is 1160 g/mol. The summed E-state index contributed by atoms with van der Waals surface area (Å²) in [6.07, 6.45) is -8.47. The number of esters is 1. The molecule has 92 heavy (non-hydrogen) atoms. The van der Waals surface area contributed by atoms with E-state index >= 15 is 0 Å². The fourth-order valence-electron chi connectivity index (χ4n) is 8.38. The van der Waals surface area contributed by atoms with Gasteiger partial charge in [-0.2, -0.15) is 31.6 Å². The number of hydrogen-bond donors (Lipinski definition) is 0. The highest BCUT2D eigenvalue weighted by Gasteiger charge is 2.31. The Morgan fingerprint density at radius 3 is 0.967 bits per heavy atom. The summed E-state index contributed by atoms with van der Waals surface area (Å²) in [5.41, 5.74) is 15.8. The minimum Gasteiger partial charge on any atom is -0.465 e. The molecule has 8 aromatic carbocycles. The summed E-state index contributed by atoms with van der Waals surface area (Å²) in [5.74, 6) is 3.52. The normalized spacial score (nSPS) is 10.7. The minimum atomic E-state index is -4.24. The molecule has 0 aromatic heterocycles. The van der Waals surface area contributed by atoms with Gasteiger partial charge in [0.1, 0.15) is 0 Å². The molecule has 0 spiro atoms. The van der Waals surface area contributed by atoms with Crippen molar-refractivity contribution in [1.29, 1.82) is 5.26 Å². The van der Waals surface area contributed by atoms with Crippen LogP contribution in [0.4, 0.5) is 26.3 Å². The van der Waals surface area contributed by atoms with Gasteiger partial charge in [-0.05, 0) is 169 Å². The van der Waals surface area contributed by atoms with Crippen LogP contribution in [0, 0.1) is 45.9 Å². The number of benzene rings is 8. The van der Waals surface area contributed by atoms with Crippen LogP contribution in [0.5, 0.6) is 0 Å². The first-order valence-corrected chi connectivity index (χ1v) is 31.7. The summed E-state index contributed by atoms with van der Waals surface area (Å²) < 4.78 is 78.6. The lowest BCUT2D eigenvalue weighted by atomic mass is 9.98. The van der Waals surface area contributed by atoms with Gasteiger partial charge in [-0.15, -0.1) is 0 Å². The third-order valence-electron chi connectivity index (χ3n) is 14.6. The van der Waals surface area contributed by atoms with E-state index in [1.165, 1.54) is 81.4 Å². The number of nitriles is 1. The Bertz CT molecular complexity index is 3240. The molecule has 0 heterocycles. The van der Waals surface area contributed by atoms with Crippen molar-refractivity contribution in [3.63, 3.8) is 0 Å². The smallest absolute Gasteiger partial charge is 0.416 e. The average molecular weight is 1270 g/mol. The van der Waals surface area contributed by atoms with E-state index in [1.54, 1.807) is 25.1 Å². The van der Waals surface area contributed by atoms with Crippen LogP contribution >= 0.6 is 0 Å². The molecule has 0 aliphatic carbocycles. The Balaban J connectivity index is 0.00000103. The Kier molecular flexibility index (Phi) is 38.9. The second kappa shape index (κ2) is 42.4. The molecule has 0 aliphatic heterocycles. The van der Waals surface area contributed by atoms with Crippen LogP contribution in [0.2, 0.25) is 0 Å². The molecule has 0 saturated carbocycles. The van der Waals surface area contributed by atoms with Crippen molar-refractivity contribution in [3.05, 3.63) is 283 Å². The molecule has 0 atom stereocenters. The van der Waals surface area contributed by atoms with Gasteiger partial charge in [-0.1, -0.05) is 292 Å². The number of halogens is 6. The molecule has 0 amide bonds. The molecule has 0 aliphatic rings. The molecule has 0 N–H and O–H groups in total. The molecule has 0 fully saturated rings. The van der Waals surface area contributed by atoms with Crippen LogP contribution in [0.1, 0.15) is 265 Å². The fraction of sp³-hybridized carbons (Fsp3) is 0.398. The van der Waals surface area contributed by atoms with E-state index in [0.29, 0.717) is 46.6 Å². The van der Waals surface area contributed by atoms with Gasteiger partial charge >= 0.3 is 18.3 Å². The Labute approximate surface area is 552 Å². The van der Waals surface area contributed by atoms with Gasteiger partial charge in [0.05, 0.1) is 35.4 Å². The SMILES string of the molecule is C.CC(C)c1cccc(C#N)c1.CC(C)c1cccc(C(F)(F)F)c1.COC(=O)c1cccc(C(C)C)c1.Cc1cc(C(C)C)cc(C(F)(F)F)c1.Cc1ccc(C(C)C)cc1.Cc1ccc(C(C)C)cc1.Cc1ccc(C(C)C)cc1.Cc1cccc(C(C)C)c1. The van der Waals surface area contributed by atoms with E-state index in [4.69, 9.17) is 5.26 Å². The van der Waals surface area contributed by atoms with Crippen molar-refractivity contribution in [1.82, 2.24) is 0 Å². The van der Waals surface area contributed by atoms with Gasteiger partial charge in [0, 0.05) is 0 Å². The third kappa shape index (κ3) is 34.1. The van der Waals surface area contributed by atoms with E-state index in [2.05, 4.69) is 219 Å². The highest BCUT2D eigenvalue weighted by molar-refractivity contribution is 5.89. The molecule has 8 aromatic rings. The number of nitrogens with zero attached hydrogens (tertiary/aromatic N) is 1. The Hall–Kier alpha value is -7.70. The number of carbonyl (C=O) groups is 1. The van der Waals surface area contributed by atoms with Gasteiger partial charge in [0.2, 0.25) is 0 Å². The van der Waals surface area contributed by atoms with Crippen molar-refractivity contribution < 1.29 is 35.9 Å². The second-order valence-corrected chi connectivity index (χ2v) is 25.5. The average Bonchev–Trinajstić information content (AvgIpc) is 0.928. The molecule has 8 rings (SSSR count). The number of carbonyl (C=O) groups excluding carboxylic acids is 1. The molecule has 0 bridgehead atoms. The zero-order valence-corrected chi connectivity index (χ0v) is 58.5. The fourth-order valence-corrected chi connectivity index (χ4v) is 8.38. The summed E-state index contributed by atoms with van der Waals surface area (Å²) in [6, 6.07) is 61.8. The topological polar surface area (TPSA) is 50.1 Å². The first kappa shape index (κ1) is 84.3. The lowest BCUT2D eigenvalue weighted by Crippen LogP contribution is -2.06. The summed E-state index contributed by atoms with van der Waals surface area (Å²) in [7, 11) is 1.39. The first-order valence-electron chi connectivity index (χ1n) is 31.7. The van der Waals surface area contributed by atoms with E-state index in [9.17, 15) is 31.1 Å². The van der Waals surface area contributed by atoms with Crippen LogP contribution in [-0.2, 0) is 17.1 Å². The van der Waals surface area contributed by atoms with Gasteiger partial charge < -0.3 is 4.74 Å². The predicted molar refractivity (Wildman–Crippen MR) is 381 cm³/mol. The van der Waals surface area contributed by atoms with Crippen LogP contribution in [0.15, 0.2) is 188 Å². The summed E-state index contributed by atoms with van der Waals surface area (Å²) in [4.78, 5) is 11.2. The van der Waals surface area contributed by atoms with Crippen molar-refractivity contribution >= 4 is 5.97 Å². The van der Waals surface area contributed by atoms with Crippen molar-refractivity contribution in [2.24, 2.45) is 0 Å². The zero-order valence-electron chi connectivity index (χ0n) is 58.5. The number of rotatable bonds is 9. The highest BCUT2D eigenvalue weighted by Crippen LogP contribution is 2.33. The minimum absolute atomic E-state index is 0. The third-order valence-corrected chi connectivity index (χ3v) is 14.6. The number of alkyl halides is 6. The van der Waals surface area contributed by atoms with Crippen LogP contribution in [0.25, 0.3) is 0 Å². The molecule has 0 unspecified atom stereocenters. The largest absolute Gasteiger partial charge is 0.465 e. The molecule has 9 heteroatoms. The molecule has 0 radical (unpaired) electrons. The van der Waals surface area contributed by atoms with Crippen LogP contribution in [0.3, 0.4) is 0 Å². The highest BCUT2D eigenvalue weighted by atomic mass is 19.4. The number of ether oxygens (including phenoxy) is 1. The van der Waals surface area contributed by atoms with Crippen molar-refractivity contribution in [3.8, 4) is 6.07 Å². The standard InChI is InChI=1S/C11H13F3.C11H14O2.C10H11F3.C10H11N.4C10H14.CH4/c1-7(2)9-4-8(3)5-10(6-9)11(12,13)14;1-8(2)9-5-4-6-10(7-9)11(12)13-3;1-7(2)8-4-3-5-9(6-8)10(11,12)13;1-8(2)10-5-3-4-9(6-10)7-11;3*1-8(2)10-6-4-9(3)5-7-10;1-8(2)10-6-4-5-9(3)7-10;/h4-7H,1-3H3;4-8H,1-3H3;3-7H,1-2H3;3-6,8H,1-2H3;4*4-8H,1-3H3;1H4. The Morgan fingerprint density at radius 2 is 0.641 bits per heavy atom. The lowest BCUT2D eigenvalue weighted by Gasteiger charge is -2.12. The zero-order chi connectivity index (χ0) is 69.3. The van der Waals surface area contributed by atoms with Crippen LogP contribution < -0.4 is 0 Å². The second-order valence-electron chi connectivity index (χ2n) is 25.5. The summed E-state index contributed by atoms with van der Waals surface area (Å²) in [6.45, 7) is 43.8. The molecule has 3 nitrogen and oxygen atoms in total. The van der Waals surface area contributed by atoms with Crippen molar-refractivity contribution in [2.45, 2.75) is 213 Å². The first-order chi connectivity index (χ1) is 42.4. The number of methoxy groups -OCH3 is 1. The molecular formula is C83H109F6NO2. The Morgan fingerprint density at radius 1 is 0.337 bits per heavy atom. The van der Waals surface area contributed by atoms with Gasteiger partial charge in [0.25, 0.3) is 0 Å². The van der Waals surface area contributed by atoms with E-state index in [0.717, 1.165) is 28.3 Å². The summed E-state index contributed by atoms with van der Waals surface area (Å²) in [5, 5.41) is 8.59. The maximum absolute atomic E-state index is 12.4. The van der Waals surface area contributed by atoms with E-state index in [1.807, 2.05) is 70.2 Å². The number of aryl methyl sites for hydroxylation is 5. The molecule has 500 valence electrons. The maximum atomic E-state index is 12.4. The summed E-state index contributed by atoms with van der Waals surface area (Å²) >= 11 is 0. The quantitative estimate of drug-likeness (QED) is 0.107. The van der Waals surface area contributed by atoms with Crippen LogP contribution in [-0.4, -0.2) is 13.1 Å².